The number of Topliss-reactive ketones (excluding diaryl/α,β-unsaturated/α-hetero) is 1. The lowest BCUT2D eigenvalue weighted by molar-refractivity contribution is 0.0902. The quantitative estimate of drug-likeness (QED) is 0.688. The maximum Gasteiger partial charge on any atom is 0.167 e. The van der Waals surface area contributed by atoms with Crippen molar-refractivity contribution in [2.75, 3.05) is 0 Å². The van der Waals surface area contributed by atoms with Crippen molar-refractivity contribution in [3.05, 3.63) is 29.1 Å². The van der Waals surface area contributed by atoms with Gasteiger partial charge in [-0.25, -0.2) is 0 Å². The van der Waals surface area contributed by atoms with E-state index in [-0.39, 0.29) is 11.7 Å². The van der Waals surface area contributed by atoms with E-state index in [0.717, 1.165) is 30.5 Å². The first-order valence-electron chi connectivity index (χ1n) is 8.21. The molecule has 20 heavy (non-hydrogen) atoms. The van der Waals surface area contributed by atoms with E-state index in [4.69, 9.17) is 4.98 Å². The molecule has 1 aromatic rings. The van der Waals surface area contributed by atoms with Gasteiger partial charge in [-0.1, -0.05) is 40.0 Å². The Kier molecular flexibility index (Phi) is 5.33. The summed E-state index contributed by atoms with van der Waals surface area (Å²) in [6.45, 7) is 6.48. The molecule has 2 rings (SSSR count). The summed E-state index contributed by atoms with van der Waals surface area (Å²) in [6, 6.07) is 4.09. The number of unbranched alkanes of at least 4 members (excludes halogenated alkanes) is 3. The van der Waals surface area contributed by atoms with Gasteiger partial charge in [0.2, 0.25) is 0 Å². The van der Waals surface area contributed by atoms with E-state index in [2.05, 4.69) is 19.9 Å². The highest BCUT2D eigenvalue weighted by Crippen LogP contribution is 2.35. The topological polar surface area (TPSA) is 30.0 Å². The van der Waals surface area contributed by atoms with Crippen molar-refractivity contribution in [3.63, 3.8) is 0 Å². The van der Waals surface area contributed by atoms with Crippen molar-refractivity contribution < 1.29 is 4.79 Å². The zero-order valence-corrected chi connectivity index (χ0v) is 13.1. The van der Waals surface area contributed by atoms with Crippen LogP contribution in [0.25, 0.3) is 0 Å². The van der Waals surface area contributed by atoms with Crippen molar-refractivity contribution in [2.45, 2.75) is 71.6 Å². The number of carbonyl (C=O) groups excluding carboxylic acids is 1. The molecule has 1 aromatic heterocycles. The molecule has 0 saturated heterocycles. The van der Waals surface area contributed by atoms with Crippen molar-refractivity contribution in [3.8, 4) is 0 Å². The summed E-state index contributed by atoms with van der Waals surface area (Å²) in [7, 11) is 0. The highest BCUT2D eigenvalue weighted by molar-refractivity contribution is 5.99. The average molecular weight is 273 g/mol. The molecule has 0 amide bonds. The van der Waals surface area contributed by atoms with Crippen molar-refractivity contribution in [1.29, 1.82) is 0 Å². The molecule has 110 valence electrons. The number of hydrogen-bond donors (Lipinski definition) is 0. The number of aromatic nitrogens is 1. The molecule has 1 aliphatic rings. The molecule has 2 heteroatoms. The van der Waals surface area contributed by atoms with E-state index in [0.29, 0.717) is 5.92 Å². The van der Waals surface area contributed by atoms with Crippen molar-refractivity contribution in [2.24, 2.45) is 5.92 Å². The van der Waals surface area contributed by atoms with E-state index in [1.54, 1.807) is 0 Å². The van der Waals surface area contributed by atoms with Gasteiger partial charge >= 0.3 is 0 Å². The van der Waals surface area contributed by atoms with E-state index in [1.165, 1.54) is 31.4 Å². The monoisotopic (exact) mass is 273 g/mol. The van der Waals surface area contributed by atoms with Gasteiger partial charge in [0.25, 0.3) is 0 Å². The predicted molar refractivity (Wildman–Crippen MR) is 83.2 cm³/mol. The van der Waals surface area contributed by atoms with Crippen LogP contribution < -0.4 is 0 Å². The third-order valence-corrected chi connectivity index (χ3v) is 4.50. The molecule has 2 nitrogen and oxygen atoms in total. The molecule has 0 saturated carbocycles. The molecule has 0 N–H and O–H groups in total. The number of pyridine rings is 1. The van der Waals surface area contributed by atoms with E-state index in [9.17, 15) is 4.79 Å². The largest absolute Gasteiger partial charge is 0.294 e. The van der Waals surface area contributed by atoms with Gasteiger partial charge in [0.05, 0.1) is 5.69 Å². The second-order valence-corrected chi connectivity index (χ2v) is 6.15. The maximum atomic E-state index is 12.2. The fourth-order valence-electron chi connectivity index (χ4n) is 3.18. The van der Waals surface area contributed by atoms with Crippen molar-refractivity contribution in [1.82, 2.24) is 4.98 Å². The molecule has 0 radical (unpaired) electrons. The normalized spacial score (nSPS) is 21.9. The van der Waals surface area contributed by atoms with Gasteiger partial charge in [-0.05, 0) is 37.8 Å². The first-order chi connectivity index (χ1) is 9.67. The second-order valence-electron chi connectivity index (χ2n) is 6.15. The standard InChI is InChI=1S/C18H27NO/c1-4-6-7-8-9-15-10-11-16-17(19-15)14(5-2)12-13(3)18(16)20/h10-11,13-14H,4-9,12H2,1-3H3. The van der Waals surface area contributed by atoms with Gasteiger partial charge in [-0.3, -0.25) is 9.78 Å². The minimum absolute atomic E-state index is 0.157. The molecule has 2 atom stereocenters. The van der Waals surface area contributed by atoms with Crippen LogP contribution in [-0.4, -0.2) is 10.8 Å². The van der Waals surface area contributed by atoms with E-state index in [1.807, 2.05) is 13.0 Å². The first kappa shape index (κ1) is 15.2. The Hall–Kier alpha value is -1.18. The van der Waals surface area contributed by atoms with Gasteiger partial charge in [-0.2, -0.15) is 0 Å². The van der Waals surface area contributed by atoms with Crippen LogP contribution in [0.4, 0.5) is 0 Å². The molecule has 1 heterocycles. The molecule has 0 fully saturated rings. The Bertz CT molecular complexity index is 466. The third kappa shape index (κ3) is 3.28. The van der Waals surface area contributed by atoms with Crippen LogP contribution in [0.1, 0.15) is 87.0 Å². The molecule has 2 unspecified atom stereocenters. The van der Waals surface area contributed by atoms with Crippen LogP contribution in [0, 0.1) is 5.92 Å². The summed E-state index contributed by atoms with van der Waals surface area (Å²) < 4.78 is 0. The lowest BCUT2D eigenvalue weighted by Gasteiger charge is -2.27. The van der Waals surface area contributed by atoms with Crippen molar-refractivity contribution >= 4 is 5.78 Å². The summed E-state index contributed by atoms with van der Waals surface area (Å²) in [6.07, 6.45) is 8.16. The Morgan fingerprint density at radius 1 is 1.20 bits per heavy atom. The molecular formula is C18H27NO. The van der Waals surface area contributed by atoms with Crippen LogP contribution in [-0.2, 0) is 6.42 Å². The van der Waals surface area contributed by atoms with E-state index < -0.39 is 0 Å². The molecule has 1 aliphatic carbocycles. The molecule has 0 bridgehead atoms. The van der Waals surface area contributed by atoms with Gasteiger partial charge in [-0.15, -0.1) is 0 Å². The number of hydrogen-bond acceptors (Lipinski definition) is 2. The summed E-state index contributed by atoms with van der Waals surface area (Å²) in [4.78, 5) is 17.1. The van der Waals surface area contributed by atoms with Crippen LogP contribution in [0.2, 0.25) is 0 Å². The number of carbonyl (C=O) groups is 1. The SMILES string of the molecule is CCCCCCc1ccc2c(n1)C(CC)CC(C)C2=O. The lowest BCUT2D eigenvalue weighted by Crippen LogP contribution is -2.25. The Labute approximate surface area is 123 Å². The molecule has 0 aromatic carbocycles. The van der Waals surface area contributed by atoms with E-state index >= 15 is 0 Å². The third-order valence-electron chi connectivity index (χ3n) is 4.50. The number of nitrogens with zero attached hydrogens (tertiary/aromatic N) is 1. The summed E-state index contributed by atoms with van der Waals surface area (Å²) in [5.41, 5.74) is 3.12. The zero-order chi connectivity index (χ0) is 14.5. The van der Waals surface area contributed by atoms with Gasteiger partial charge in [0.15, 0.2) is 5.78 Å². The highest BCUT2D eigenvalue weighted by atomic mass is 16.1. The lowest BCUT2D eigenvalue weighted by atomic mass is 9.78. The smallest absolute Gasteiger partial charge is 0.167 e. The predicted octanol–water partition coefficient (Wildman–Crippen LogP) is 4.92. The Balaban J connectivity index is 2.14. The number of aryl methyl sites for hydroxylation is 1. The van der Waals surface area contributed by atoms with Gasteiger partial charge in [0.1, 0.15) is 0 Å². The van der Waals surface area contributed by atoms with Crippen LogP contribution in [0.5, 0.6) is 0 Å². The first-order valence-corrected chi connectivity index (χ1v) is 8.21. The fourth-order valence-corrected chi connectivity index (χ4v) is 3.18. The molecular weight excluding hydrogens is 246 g/mol. The van der Waals surface area contributed by atoms with Crippen LogP contribution in [0.15, 0.2) is 12.1 Å². The fraction of sp³-hybridized carbons (Fsp3) is 0.667. The maximum absolute atomic E-state index is 12.2. The number of ketones is 1. The Morgan fingerprint density at radius 2 is 2.00 bits per heavy atom. The summed E-state index contributed by atoms with van der Waals surface area (Å²) >= 11 is 0. The number of fused-ring (bicyclic) bond motifs is 1. The molecule has 0 spiro atoms. The minimum Gasteiger partial charge on any atom is -0.294 e. The average Bonchev–Trinajstić information content (AvgIpc) is 2.47. The molecule has 0 aliphatic heterocycles. The van der Waals surface area contributed by atoms with Crippen LogP contribution >= 0.6 is 0 Å². The number of rotatable bonds is 6. The zero-order valence-electron chi connectivity index (χ0n) is 13.1. The Morgan fingerprint density at radius 3 is 2.70 bits per heavy atom. The van der Waals surface area contributed by atoms with Gasteiger partial charge < -0.3 is 0 Å². The van der Waals surface area contributed by atoms with Gasteiger partial charge in [0, 0.05) is 23.1 Å². The summed E-state index contributed by atoms with van der Waals surface area (Å²) in [5.74, 6) is 0.910. The van der Waals surface area contributed by atoms with Crippen LogP contribution in [0.3, 0.4) is 0 Å². The summed E-state index contributed by atoms with van der Waals surface area (Å²) in [5, 5.41) is 0. The highest BCUT2D eigenvalue weighted by Gasteiger charge is 2.31. The second kappa shape index (κ2) is 7.01. The minimum atomic E-state index is 0.157.